The topological polar surface area (TPSA) is 58.1 Å². The van der Waals surface area contributed by atoms with Crippen molar-refractivity contribution in [2.75, 3.05) is 52.5 Å². The lowest BCUT2D eigenvalue weighted by atomic mass is 9.98. The fraction of sp³-hybridized carbons (Fsp3) is 0.708. The number of nitrogens with zero attached hydrogens (tertiary/aromatic N) is 2. The molecule has 6 nitrogen and oxygen atoms in total. The molecule has 3 rings (SSSR count). The van der Waals surface area contributed by atoms with Gasteiger partial charge < -0.3 is 25.0 Å². The molecule has 176 valence electrons. The second-order valence-corrected chi connectivity index (χ2v) is 8.63. The van der Waals surface area contributed by atoms with Crippen LogP contribution in [0.15, 0.2) is 23.2 Å². The van der Waals surface area contributed by atoms with Crippen molar-refractivity contribution in [2.45, 2.75) is 46.6 Å². The van der Waals surface area contributed by atoms with Crippen molar-refractivity contribution in [3.63, 3.8) is 0 Å². The Labute approximate surface area is 205 Å². The van der Waals surface area contributed by atoms with E-state index in [1.807, 2.05) is 0 Å². The summed E-state index contributed by atoms with van der Waals surface area (Å²) in [7, 11) is 0. The van der Waals surface area contributed by atoms with Gasteiger partial charge in [-0.15, -0.1) is 24.0 Å². The van der Waals surface area contributed by atoms with Crippen molar-refractivity contribution in [2.24, 2.45) is 16.8 Å². The standard InChI is InChI=1S/C24H40N4O2.HI/c1-4-25-24(26-14-20-7-6-11-28(5-2)16-20)27-15-22-9-8-19(3)13-23(22)30-18-21-10-12-29-17-21;/h8-9,13,20-21H,4-7,10-12,14-18H2,1-3H3,(H2,25,26,27);1H. The van der Waals surface area contributed by atoms with Crippen molar-refractivity contribution in [3.8, 4) is 5.75 Å². The highest BCUT2D eigenvalue weighted by atomic mass is 127. The summed E-state index contributed by atoms with van der Waals surface area (Å²) in [5.74, 6) is 3.03. The van der Waals surface area contributed by atoms with E-state index in [1.54, 1.807) is 0 Å². The first kappa shape index (κ1) is 26.2. The molecule has 7 heteroatoms. The molecule has 0 radical (unpaired) electrons. The van der Waals surface area contributed by atoms with Crippen molar-refractivity contribution in [1.29, 1.82) is 0 Å². The summed E-state index contributed by atoms with van der Waals surface area (Å²) in [6.07, 6.45) is 3.68. The van der Waals surface area contributed by atoms with Crippen LogP contribution in [-0.4, -0.2) is 63.4 Å². The van der Waals surface area contributed by atoms with Crippen molar-refractivity contribution in [1.82, 2.24) is 15.5 Å². The van der Waals surface area contributed by atoms with Gasteiger partial charge in [-0.3, -0.25) is 0 Å². The zero-order chi connectivity index (χ0) is 21.2. The van der Waals surface area contributed by atoms with Crippen LogP contribution in [0.5, 0.6) is 5.75 Å². The molecule has 2 fully saturated rings. The molecule has 1 aromatic rings. The minimum atomic E-state index is 0. The summed E-state index contributed by atoms with van der Waals surface area (Å²) in [6.45, 7) is 14.9. The molecular weight excluding hydrogens is 503 g/mol. The van der Waals surface area contributed by atoms with E-state index in [-0.39, 0.29) is 24.0 Å². The van der Waals surface area contributed by atoms with E-state index in [1.165, 1.54) is 31.5 Å². The van der Waals surface area contributed by atoms with Gasteiger partial charge >= 0.3 is 0 Å². The molecule has 2 N–H and O–H groups in total. The number of piperidine rings is 1. The van der Waals surface area contributed by atoms with Crippen LogP contribution < -0.4 is 15.4 Å². The number of aryl methyl sites for hydroxylation is 1. The number of rotatable bonds is 9. The maximum Gasteiger partial charge on any atom is 0.191 e. The number of guanidine groups is 1. The third-order valence-electron chi connectivity index (χ3n) is 6.08. The van der Waals surface area contributed by atoms with E-state index in [2.05, 4.69) is 54.5 Å². The van der Waals surface area contributed by atoms with Gasteiger partial charge in [0, 0.05) is 37.7 Å². The third kappa shape index (κ3) is 8.77. The molecule has 2 saturated heterocycles. The Bertz CT molecular complexity index is 680. The quantitative estimate of drug-likeness (QED) is 0.281. The van der Waals surface area contributed by atoms with Crippen LogP contribution in [0.3, 0.4) is 0 Å². The maximum absolute atomic E-state index is 6.18. The average molecular weight is 545 g/mol. The Morgan fingerprint density at radius 1 is 1.23 bits per heavy atom. The number of benzene rings is 1. The number of hydrogen-bond acceptors (Lipinski definition) is 4. The molecule has 0 saturated carbocycles. The average Bonchev–Trinajstić information content (AvgIpc) is 3.29. The van der Waals surface area contributed by atoms with Gasteiger partial charge in [0.1, 0.15) is 5.75 Å². The Hall–Kier alpha value is -1.06. The predicted molar refractivity (Wildman–Crippen MR) is 139 cm³/mol. The van der Waals surface area contributed by atoms with Gasteiger partial charge in [-0.05, 0) is 63.7 Å². The van der Waals surface area contributed by atoms with Gasteiger partial charge in [-0.1, -0.05) is 19.1 Å². The van der Waals surface area contributed by atoms with Crippen LogP contribution >= 0.6 is 24.0 Å². The second-order valence-electron chi connectivity index (χ2n) is 8.63. The highest BCUT2D eigenvalue weighted by molar-refractivity contribution is 14.0. The molecule has 31 heavy (non-hydrogen) atoms. The normalized spacial score (nSPS) is 22.1. The van der Waals surface area contributed by atoms with Gasteiger partial charge in [-0.25, -0.2) is 4.99 Å². The van der Waals surface area contributed by atoms with Gasteiger partial charge in [0.2, 0.25) is 0 Å². The third-order valence-corrected chi connectivity index (χ3v) is 6.08. The molecule has 2 aliphatic rings. The zero-order valence-electron chi connectivity index (χ0n) is 19.5. The first-order valence-corrected chi connectivity index (χ1v) is 11.7. The fourth-order valence-corrected chi connectivity index (χ4v) is 4.20. The molecule has 0 amide bonds. The van der Waals surface area contributed by atoms with E-state index in [9.17, 15) is 0 Å². The molecule has 1 aromatic carbocycles. The van der Waals surface area contributed by atoms with Crippen LogP contribution in [0, 0.1) is 18.8 Å². The molecule has 2 heterocycles. The summed E-state index contributed by atoms with van der Waals surface area (Å²) in [5, 5.41) is 6.96. The predicted octanol–water partition coefficient (Wildman–Crippen LogP) is 3.82. The van der Waals surface area contributed by atoms with Gasteiger partial charge in [0.25, 0.3) is 0 Å². The molecule has 2 unspecified atom stereocenters. The number of halogens is 1. The Balaban J connectivity index is 0.00000341. The largest absolute Gasteiger partial charge is 0.493 e. The molecule has 0 aromatic heterocycles. The SMILES string of the molecule is CCNC(=NCc1ccc(C)cc1OCC1CCOC1)NCC1CCCN(CC)C1.I. The summed E-state index contributed by atoms with van der Waals surface area (Å²) in [5.41, 5.74) is 2.34. The van der Waals surface area contributed by atoms with Crippen LogP contribution in [0.1, 0.15) is 44.2 Å². The van der Waals surface area contributed by atoms with E-state index in [4.69, 9.17) is 14.5 Å². The van der Waals surface area contributed by atoms with Crippen LogP contribution in [0.4, 0.5) is 0 Å². The van der Waals surface area contributed by atoms with Crippen LogP contribution in [0.2, 0.25) is 0 Å². The van der Waals surface area contributed by atoms with E-state index in [0.717, 1.165) is 56.5 Å². The lowest BCUT2D eigenvalue weighted by Gasteiger charge is -2.32. The highest BCUT2D eigenvalue weighted by Crippen LogP contribution is 2.23. The van der Waals surface area contributed by atoms with Gasteiger partial charge in [0.15, 0.2) is 5.96 Å². The summed E-state index contributed by atoms with van der Waals surface area (Å²) < 4.78 is 11.7. The minimum absolute atomic E-state index is 0. The van der Waals surface area contributed by atoms with Crippen molar-refractivity contribution in [3.05, 3.63) is 29.3 Å². The summed E-state index contributed by atoms with van der Waals surface area (Å²) in [4.78, 5) is 7.40. The number of nitrogens with one attached hydrogen (secondary N) is 2. The first-order chi connectivity index (χ1) is 14.7. The Morgan fingerprint density at radius 3 is 2.84 bits per heavy atom. The fourth-order valence-electron chi connectivity index (χ4n) is 4.20. The Morgan fingerprint density at radius 2 is 2.10 bits per heavy atom. The zero-order valence-corrected chi connectivity index (χ0v) is 21.8. The Kier molecular flexibility index (Phi) is 12.0. The van der Waals surface area contributed by atoms with Crippen molar-refractivity contribution < 1.29 is 9.47 Å². The highest BCUT2D eigenvalue weighted by Gasteiger charge is 2.19. The molecule has 2 atom stereocenters. The molecular formula is C24H41IN4O2. The van der Waals surface area contributed by atoms with E-state index >= 15 is 0 Å². The first-order valence-electron chi connectivity index (χ1n) is 11.7. The minimum Gasteiger partial charge on any atom is -0.493 e. The van der Waals surface area contributed by atoms with E-state index < -0.39 is 0 Å². The number of ether oxygens (including phenoxy) is 2. The number of hydrogen-bond donors (Lipinski definition) is 2. The lowest BCUT2D eigenvalue weighted by molar-refractivity contribution is 0.166. The maximum atomic E-state index is 6.18. The number of likely N-dealkylation sites (tertiary alicyclic amines) is 1. The van der Waals surface area contributed by atoms with Crippen LogP contribution in [-0.2, 0) is 11.3 Å². The second kappa shape index (κ2) is 14.2. The summed E-state index contributed by atoms with van der Waals surface area (Å²) in [6, 6.07) is 6.41. The molecule has 2 aliphatic heterocycles. The monoisotopic (exact) mass is 544 g/mol. The van der Waals surface area contributed by atoms with Gasteiger partial charge in [0.05, 0.1) is 19.8 Å². The number of aliphatic imine (C=N–C) groups is 1. The lowest BCUT2D eigenvalue weighted by Crippen LogP contribution is -2.44. The molecule has 0 spiro atoms. The van der Waals surface area contributed by atoms with Crippen molar-refractivity contribution >= 4 is 29.9 Å². The van der Waals surface area contributed by atoms with Crippen LogP contribution in [0.25, 0.3) is 0 Å². The molecule has 0 aliphatic carbocycles. The summed E-state index contributed by atoms with van der Waals surface area (Å²) >= 11 is 0. The molecule has 0 bridgehead atoms. The van der Waals surface area contributed by atoms with Gasteiger partial charge in [-0.2, -0.15) is 0 Å². The van der Waals surface area contributed by atoms with E-state index in [0.29, 0.717) is 25.0 Å². The smallest absolute Gasteiger partial charge is 0.191 e.